The Labute approximate surface area is 174 Å². The van der Waals surface area contributed by atoms with Crippen molar-refractivity contribution in [2.75, 3.05) is 25.6 Å². The van der Waals surface area contributed by atoms with Gasteiger partial charge in [0, 0.05) is 25.8 Å². The second-order valence-electron chi connectivity index (χ2n) is 6.95. The van der Waals surface area contributed by atoms with E-state index in [9.17, 15) is 18.0 Å². The topological polar surface area (TPSA) is 84.0 Å². The van der Waals surface area contributed by atoms with Crippen LogP contribution < -0.4 is 4.90 Å². The van der Waals surface area contributed by atoms with Crippen molar-refractivity contribution in [3.8, 4) is 0 Å². The van der Waals surface area contributed by atoms with E-state index < -0.39 is 22.6 Å². The molecule has 9 heteroatoms. The zero-order valence-electron chi connectivity index (χ0n) is 16.3. The fourth-order valence-electron chi connectivity index (χ4n) is 3.25. The van der Waals surface area contributed by atoms with E-state index in [4.69, 9.17) is 16.3 Å². The van der Waals surface area contributed by atoms with Crippen LogP contribution >= 0.6 is 11.6 Å². The molecule has 0 saturated heterocycles. The Hall–Kier alpha value is -2.42. The Morgan fingerprint density at radius 3 is 2.59 bits per heavy atom. The van der Waals surface area contributed by atoms with Gasteiger partial charge in [0.25, 0.3) is 5.91 Å². The van der Waals surface area contributed by atoms with E-state index in [2.05, 4.69) is 0 Å². The van der Waals surface area contributed by atoms with Crippen molar-refractivity contribution in [3.63, 3.8) is 0 Å². The summed E-state index contributed by atoms with van der Waals surface area (Å²) in [5, 5.41) is 0.0417. The van der Waals surface area contributed by atoms with Gasteiger partial charge in [0.05, 0.1) is 15.5 Å². The highest BCUT2D eigenvalue weighted by atomic mass is 35.5. The summed E-state index contributed by atoms with van der Waals surface area (Å²) in [6.07, 6.45) is 0.728. The second kappa shape index (κ2) is 8.14. The number of carbonyl (C=O) groups is 2. The number of amides is 1. The minimum atomic E-state index is -3.74. The molecule has 29 heavy (non-hydrogen) atoms. The molecule has 3 rings (SSSR count). The van der Waals surface area contributed by atoms with E-state index in [1.54, 1.807) is 4.90 Å². The van der Waals surface area contributed by atoms with E-state index in [1.807, 2.05) is 31.2 Å². The van der Waals surface area contributed by atoms with Crippen molar-refractivity contribution < 1.29 is 22.7 Å². The van der Waals surface area contributed by atoms with Gasteiger partial charge < -0.3 is 9.64 Å². The molecule has 0 bridgehead atoms. The van der Waals surface area contributed by atoms with Crippen LogP contribution in [-0.2, 0) is 26.0 Å². The molecule has 0 aliphatic carbocycles. The van der Waals surface area contributed by atoms with Crippen molar-refractivity contribution in [1.29, 1.82) is 0 Å². The number of hydrogen-bond donors (Lipinski definition) is 0. The van der Waals surface area contributed by atoms with Crippen LogP contribution in [-0.4, -0.2) is 51.3 Å². The number of ether oxygens (including phenoxy) is 1. The van der Waals surface area contributed by atoms with Crippen LogP contribution in [0.4, 0.5) is 5.69 Å². The quantitative estimate of drug-likeness (QED) is 0.673. The first-order valence-electron chi connectivity index (χ1n) is 8.92. The Morgan fingerprint density at radius 1 is 1.21 bits per heavy atom. The van der Waals surface area contributed by atoms with Crippen molar-refractivity contribution in [2.45, 2.75) is 24.3 Å². The first-order valence-corrected chi connectivity index (χ1v) is 10.7. The van der Waals surface area contributed by atoms with Crippen LogP contribution in [0.1, 0.15) is 22.8 Å². The molecule has 1 amide bonds. The molecule has 1 heterocycles. The fraction of sp³-hybridized carbons (Fsp3) is 0.300. The number of carbonyl (C=O) groups excluding carboxylic acids is 2. The van der Waals surface area contributed by atoms with Gasteiger partial charge in [-0.25, -0.2) is 17.5 Å². The number of para-hydroxylation sites is 1. The third kappa shape index (κ3) is 4.14. The summed E-state index contributed by atoms with van der Waals surface area (Å²) in [5.74, 6) is -1.22. The molecule has 7 nitrogen and oxygen atoms in total. The minimum absolute atomic E-state index is 0.0417. The third-order valence-corrected chi connectivity index (χ3v) is 6.88. The molecule has 1 atom stereocenters. The van der Waals surface area contributed by atoms with Crippen LogP contribution in [0, 0.1) is 0 Å². The summed E-state index contributed by atoms with van der Waals surface area (Å²) in [7, 11) is -0.974. The molecule has 154 valence electrons. The molecule has 0 aromatic heterocycles. The van der Waals surface area contributed by atoms with Crippen LogP contribution in [0.15, 0.2) is 47.4 Å². The predicted octanol–water partition coefficient (Wildman–Crippen LogP) is 2.72. The summed E-state index contributed by atoms with van der Waals surface area (Å²) < 4.78 is 30.7. The average molecular weight is 437 g/mol. The van der Waals surface area contributed by atoms with E-state index in [0.717, 1.165) is 28.0 Å². The molecule has 0 N–H and O–H groups in total. The lowest BCUT2D eigenvalue weighted by atomic mass is 10.1. The lowest BCUT2D eigenvalue weighted by Gasteiger charge is -2.22. The van der Waals surface area contributed by atoms with E-state index >= 15 is 0 Å². The molecule has 0 spiro atoms. The Morgan fingerprint density at radius 2 is 1.90 bits per heavy atom. The highest BCUT2D eigenvalue weighted by Gasteiger charge is 2.31. The van der Waals surface area contributed by atoms with Gasteiger partial charge in [-0.1, -0.05) is 29.8 Å². The van der Waals surface area contributed by atoms with Gasteiger partial charge in [0.1, 0.15) is 0 Å². The van der Waals surface area contributed by atoms with Crippen molar-refractivity contribution in [2.24, 2.45) is 0 Å². The second-order valence-corrected chi connectivity index (χ2v) is 9.51. The first kappa shape index (κ1) is 21.3. The monoisotopic (exact) mass is 436 g/mol. The Bertz CT molecular complexity index is 1070. The maximum Gasteiger partial charge on any atom is 0.340 e. The lowest BCUT2D eigenvalue weighted by molar-refractivity contribution is -0.122. The number of hydrogen-bond acceptors (Lipinski definition) is 5. The molecule has 2 aromatic carbocycles. The lowest BCUT2D eigenvalue weighted by Crippen LogP contribution is -2.38. The van der Waals surface area contributed by atoms with E-state index in [1.165, 1.54) is 26.2 Å². The molecule has 1 aliphatic rings. The number of benzene rings is 2. The summed E-state index contributed by atoms with van der Waals surface area (Å²) >= 11 is 6.05. The van der Waals surface area contributed by atoms with E-state index in [0.29, 0.717) is 0 Å². The molecule has 1 aliphatic heterocycles. The minimum Gasteiger partial charge on any atom is -0.452 e. The highest BCUT2D eigenvalue weighted by Crippen LogP contribution is 2.32. The van der Waals surface area contributed by atoms with Crippen LogP contribution in [0.3, 0.4) is 0 Å². The molecule has 0 fully saturated rings. The van der Waals surface area contributed by atoms with Gasteiger partial charge in [0.15, 0.2) is 6.61 Å². The average Bonchev–Trinajstić information content (AvgIpc) is 3.01. The smallest absolute Gasteiger partial charge is 0.340 e. The first-order chi connectivity index (χ1) is 13.6. The zero-order chi connectivity index (χ0) is 21.3. The van der Waals surface area contributed by atoms with Gasteiger partial charge in [-0.2, -0.15) is 0 Å². The number of halogens is 1. The number of rotatable bonds is 5. The van der Waals surface area contributed by atoms with Crippen LogP contribution in [0.5, 0.6) is 0 Å². The fourth-order valence-corrected chi connectivity index (χ4v) is 4.38. The Balaban J connectivity index is 1.76. The van der Waals surface area contributed by atoms with Crippen molar-refractivity contribution in [3.05, 3.63) is 58.6 Å². The van der Waals surface area contributed by atoms with E-state index in [-0.39, 0.29) is 27.4 Å². The molecule has 2 aromatic rings. The van der Waals surface area contributed by atoms with Gasteiger partial charge in [-0.3, -0.25) is 4.79 Å². The van der Waals surface area contributed by atoms with Crippen LogP contribution in [0.2, 0.25) is 5.02 Å². The molecule has 0 radical (unpaired) electrons. The normalized spacial score (nSPS) is 16.0. The van der Waals surface area contributed by atoms with Crippen molar-refractivity contribution >= 4 is 39.2 Å². The molecular weight excluding hydrogens is 416 g/mol. The number of fused-ring (bicyclic) bond motifs is 1. The molecule has 0 saturated carbocycles. The zero-order valence-corrected chi connectivity index (χ0v) is 17.8. The highest BCUT2D eigenvalue weighted by molar-refractivity contribution is 7.89. The standard InChI is InChI=1S/C20H21ClN2O5S/c1-13-10-14-6-4-5-7-18(14)23(13)19(24)12-28-20(25)16-11-15(8-9-17(16)21)29(26,27)22(2)3/h4-9,11,13H,10,12H2,1-3H3/t13-/m1/s1. The van der Waals surface area contributed by atoms with Gasteiger partial charge in [0.2, 0.25) is 10.0 Å². The largest absolute Gasteiger partial charge is 0.452 e. The molecular formula is C20H21ClN2O5S. The summed E-state index contributed by atoms with van der Waals surface area (Å²) in [4.78, 5) is 26.7. The number of esters is 1. The summed E-state index contributed by atoms with van der Waals surface area (Å²) in [6.45, 7) is 1.45. The van der Waals surface area contributed by atoms with Gasteiger partial charge in [-0.15, -0.1) is 0 Å². The SMILES string of the molecule is C[C@@H]1Cc2ccccc2N1C(=O)COC(=O)c1cc(S(=O)(=O)N(C)C)ccc1Cl. The molecule has 0 unspecified atom stereocenters. The Kier molecular flexibility index (Phi) is 5.97. The maximum atomic E-state index is 12.7. The third-order valence-electron chi connectivity index (χ3n) is 4.74. The maximum absolute atomic E-state index is 12.7. The van der Waals surface area contributed by atoms with Gasteiger partial charge in [-0.05, 0) is 43.2 Å². The van der Waals surface area contributed by atoms with Crippen LogP contribution in [0.25, 0.3) is 0 Å². The number of anilines is 1. The predicted molar refractivity (Wildman–Crippen MR) is 110 cm³/mol. The van der Waals surface area contributed by atoms with Crippen molar-refractivity contribution in [1.82, 2.24) is 4.31 Å². The summed E-state index contributed by atoms with van der Waals surface area (Å²) in [6, 6.07) is 11.3. The van der Waals surface area contributed by atoms with Gasteiger partial charge >= 0.3 is 5.97 Å². The number of sulfonamides is 1. The number of nitrogens with zero attached hydrogens (tertiary/aromatic N) is 2. The summed E-state index contributed by atoms with van der Waals surface area (Å²) in [5.41, 5.74) is 1.75.